The molecule has 2 unspecified atom stereocenters. The van der Waals surface area contributed by atoms with E-state index in [-0.39, 0.29) is 24.4 Å². The predicted octanol–water partition coefficient (Wildman–Crippen LogP) is 2.70. The van der Waals surface area contributed by atoms with E-state index in [2.05, 4.69) is 10.6 Å². The number of para-hydroxylation sites is 1. The fraction of sp³-hybridized carbons (Fsp3) is 0.588. The molecule has 0 spiro atoms. The zero-order chi connectivity index (χ0) is 15.9. The van der Waals surface area contributed by atoms with Crippen LogP contribution in [0.1, 0.15) is 24.5 Å². The maximum absolute atomic E-state index is 12.1. The van der Waals surface area contributed by atoms with Crippen molar-refractivity contribution in [3.05, 3.63) is 29.3 Å². The number of carbonyl (C=O) groups excluding carboxylic acids is 1. The van der Waals surface area contributed by atoms with Gasteiger partial charge in [0, 0.05) is 30.5 Å². The molecule has 4 nitrogen and oxygen atoms in total. The van der Waals surface area contributed by atoms with Crippen molar-refractivity contribution in [2.24, 2.45) is 0 Å². The molecule has 2 rings (SSSR count). The Balaban J connectivity index is 0.00000264. The predicted molar refractivity (Wildman–Crippen MR) is 100.0 cm³/mol. The zero-order valence-corrected chi connectivity index (χ0v) is 15.7. The van der Waals surface area contributed by atoms with Crippen molar-refractivity contribution in [1.29, 1.82) is 0 Å². The quantitative estimate of drug-likeness (QED) is 0.821. The Morgan fingerprint density at radius 1 is 1.43 bits per heavy atom. The third-order valence-corrected chi connectivity index (χ3v) is 4.85. The van der Waals surface area contributed by atoms with Gasteiger partial charge < -0.3 is 15.4 Å². The van der Waals surface area contributed by atoms with Crippen LogP contribution in [0.4, 0.5) is 0 Å². The highest BCUT2D eigenvalue weighted by atomic mass is 35.5. The Morgan fingerprint density at radius 3 is 2.74 bits per heavy atom. The highest BCUT2D eigenvalue weighted by Crippen LogP contribution is 2.22. The first kappa shape index (κ1) is 20.1. The van der Waals surface area contributed by atoms with E-state index < -0.39 is 0 Å². The van der Waals surface area contributed by atoms with E-state index in [0.29, 0.717) is 19.1 Å². The molecule has 1 amide bonds. The second-order valence-electron chi connectivity index (χ2n) is 5.93. The maximum atomic E-state index is 12.1. The average Bonchev–Trinajstić information content (AvgIpc) is 2.47. The van der Waals surface area contributed by atoms with Gasteiger partial charge in [-0.3, -0.25) is 4.79 Å². The molecule has 2 atom stereocenters. The number of halogens is 1. The molecular formula is C17H27ClN2O2S. The van der Waals surface area contributed by atoms with E-state index in [1.54, 1.807) is 0 Å². The topological polar surface area (TPSA) is 50.4 Å². The Bertz CT molecular complexity index is 487. The number of benzene rings is 1. The van der Waals surface area contributed by atoms with E-state index in [4.69, 9.17) is 4.74 Å². The van der Waals surface area contributed by atoms with Crippen LogP contribution in [0, 0.1) is 13.8 Å². The lowest BCUT2D eigenvalue weighted by atomic mass is 10.1. The van der Waals surface area contributed by atoms with Gasteiger partial charge in [0.25, 0.3) is 0 Å². The molecule has 6 heteroatoms. The highest BCUT2D eigenvalue weighted by molar-refractivity contribution is 7.99. The summed E-state index contributed by atoms with van der Waals surface area (Å²) < 4.78 is 5.89. The maximum Gasteiger partial charge on any atom is 0.221 e. The normalized spacial score (nSPS) is 18.7. The van der Waals surface area contributed by atoms with Crippen LogP contribution in [-0.2, 0) is 4.79 Å². The first-order valence-electron chi connectivity index (χ1n) is 7.85. The summed E-state index contributed by atoms with van der Waals surface area (Å²) in [6.07, 6.45) is 0.542. The SMILES string of the molecule is Cc1cccc(C)c1OCC(C)NC(=O)CC1CSCCN1.Cl. The number of rotatable bonds is 6. The van der Waals surface area contributed by atoms with Crippen LogP contribution < -0.4 is 15.4 Å². The molecule has 1 aliphatic heterocycles. The minimum Gasteiger partial charge on any atom is -0.491 e. The van der Waals surface area contributed by atoms with Crippen LogP contribution >= 0.6 is 24.2 Å². The number of hydrogen-bond acceptors (Lipinski definition) is 4. The van der Waals surface area contributed by atoms with E-state index in [0.717, 1.165) is 34.9 Å². The number of thioether (sulfide) groups is 1. The summed E-state index contributed by atoms with van der Waals surface area (Å²) in [5, 5.41) is 6.41. The fourth-order valence-corrected chi connectivity index (χ4v) is 3.53. The zero-order valence-electron chi connectivity index (χ0n) is 14.1. The summed E-state index contributed by atoms with van der Waals surface area (Å²) in [6, 6.07) is 6.40. The Kier molecular flexibility index (Phi) is 8.81. The summed E-state index contributed by atoms with van der Waals surface area (Å²) >= 11 is 1.91. The first-order valence-corrected chi connectivity index (χ1v) is 9.01. The van der Waals surface area contributed by atoms with Gasteiger partial charge in [0.2, 0.25) is 5.91 Å². The fourth-order valence-electron chi connectivity index (χ4n) is 2.59. The third kappa shape index (κ3) is 6.61. The molecule has 23 heavy (non-hydrogen) atoms. The van der Waals surface area contributed by atoms with E-state index in [9.17, 15) is 4.79 Å². The van der Waals surface area contributed by atoms with Gasteiger partial charge in [0.1, 0.15) is 12.4 Å². The van der Waals surface area contributed by atoms with E-state index in [1.165, 1.54) is 0 Å². The summed E-state index contributed by atoms with van der Waals surface area (Å²) in [5.41, 5.74) is 2.25. The molecule has 1 aromatic rings. The van der Waals surface area contributed by atoms with Gasteiger partial charge >= 0.3 is 0 Å². The van der Waals surface area contributed by atoms with Crippen molar-refractivity contribution < 1.29 is 9.53 Å². The van der Waals surface area contributed by atoms with Gasteiger partial charge in [-0.1, -0.05) is 18.2 Å². The monoisotopic (exact) mass is 358 g/mol. The molecule has 0 aliphatic carbocycles. The van der Waals surface area contributed by atoms with Gasteiger partial charge in [0.05, 0.1) is 6.04 Å². The standard InChI is InChI=1S/C17H26N2O2S.ClH/c1-12-5-4-6-13(2)17(12)21-10-14(3)19-16(20)9-15-11-22-8-7-18-15;/h4-6,14-15,18H,7-11H2,1-3H3,(H,19,20);1H. The molecule has 1 saturated heterocycles. The molecule has 0 bridgehead atoms. The number of hydrogen-bond donors (Lipinski definition) is 2. The third-order valence-electron chi connectivity index (χ3n) is 3.72. The Morgan fingerprint density at radius 2 is 2.13 bits per heavy atom. The van der Waals surface area contributed by atoms with Crippen LogP contribution in [0.5, 0.6) is 5.75 Å². The van der Waals surface area contributed by atoms with Crippen molar-refractivity contribution in [2.75, 3.05) is 24.7 Å². The van der Waals surface area contributed by atoms with Gasteiger partial charge in [0.15, 0.2) is 0 Å². The van der Waals surface area contributed by atoms with Crippen LogP contribution in [0.25, 0.3) is 0 Å². The number of nitrogens with one attached hydrogen (secondary N) is 2. The van der Waals surface area contributed by atoms with Crippen molar-refractivity contribution in [3.63, 3.8) is 0 Å². The van der Waals surface area contributed by atoms with Gasteiger partial charge in [-0.2, -0.15) is 11.8 Å². The van der Waals surface area contributed by atoms with Gasteiger partial charge in [-0.05, 0) is 31.9 Å². The van der Waals surface area contributed by atoms with Crippen molar-refractivity contribution in [1.82, 2.24) is 10.6 Å². The van der Waals surface area contributed by atoms with Crippen LogP contribution in [0.3, 0.4) is 0 Å². The number of ether oxygens (including phenoxy) is 1. The Hall–Kier alpha value is -0.910. The molecule has 0 aromatic heterocycles. The number of carbonyl (C=O) groups is 1. The van der Waals surface area contributed by atoms with E-state index in [1.807, 2.05) is 50.7 Å². The lowest BCUT2D eigenvalue weighted by molar-refractivity contribution is -0.122. The molecular weight excluding hydrogens is 332 g/mol. The molecule has 1 aromatic carbocycles. The molecule has 1 fully saturated rings. The highest BCUT2D eigenvalue weighted by Gasteiger charge is 2.18. The Labute approximate surface area is 149 Å². The largest absolute Gasteiger partial charge is 0.491 e. The summed E-state index contributed by atoms with van der Waals surface area (Å²) in [6.45, 7) is 7.54. The molecule has 130 valence electrons. The second-order valence-corrected chi connectivity index (χ2v) is 7.08. The van der Waals surface area contributed by atoms with Crippen LogP contribution in [0.2, 0.25) is 0 Å². The summed E-state index contributed by atoms with van der Waals surface area (Å²) in [7, 11) is 0. The molecule has 0 saturated carbocycles. The van der Waals surface area contributed by atoms with E-state index >= 15 is 0 Å². The minimum atomic E-state index is 0. The smallest absolute Gasteiger partial charge is 0.221 e. The number of aryl methyl sites for hydroxylation is 2. The molecule has 0 radical (unpaired) electrons. The molecule has 2 N–H and O–H groups in total. The van der Waals surface area contributed by atoms with Crippen LogP contribution in [0.15, 0.2) is 18.2 Å². The molecule has 1 heterocycles. The second kappa shape index (κ2) is 10.1. The van der Waals surface area contributed by atoms with Gasteiger partial charge in [-0.15, -0.1) is 12.4 Å². The lowest BCUT2D eigenvalue weighted by Gasteiger charge is -2.23. The lowest BCUT2D eigenvalue weighted by Crippen LogP contribution is -2.44. The van der Waals surface area contributed by atoms with Crippen molar-refractivity contribution >= 4 is 30.1 Å². The molecule has 1 aliphatic rings. The van der Waals surface area contributed by atoms with Crippen molar-refractivity contribution in [2.45, 2.75) is 39.3 Å². The first-order chi connectivity index (χ1) is 10.6. The minimum absolute atomic E-state index is 0. The summed E-state index contributed by atoms with van der Waals surface area (Å²) in [5.74, 6) is 3.17. The average molecular weight is 359 g/mol. The summed E-state index contributed by atoms with van der Waals surface area (Å²) in [4.78, 5) is 12.1. The van der Waals surface area contributed by atoms with Crippen molar-refractivity contribution in [3.8, 4) is 5.75 Å². The van der Waals surface area contributed by atoms with Crippen LogP contribution in [-0.4, -0.2) is 42.6 Å². The van der Waals surface area contributed by atoms with Gasteiger partial charge in [-0.25, -0.2) is 0 Å². The number of amides is 1.